The van der Waals surface area contributed by atoms with Crippen molar-refractivity contribution in [2.75, 3.05) is 27.2 Å². The van der Waals surface area contributed by atoms with Gasteiger partial charge in [-0.15, -0.1) is 0 Å². The second kappa shape index (κ2) is 7.90. The summed E-state index contributed by atoms with van der Waals surface area (Å²) in [6.45, 7) is 0.956. The summed E-state index contributed by atoms with van der Waals surface area (Å²) in [6.07, 6.45) is 3.20. The Morgan fingerprint density at radius 3 is 2.37 bits per heavy atom. The first-order valence-electron chi connectivity index (χ1n) is 8.49. The largest absolute Gasteiger partial charge is 0.507 e. The van der Waals surface area contributed by atoms with Gasteiger partial charge in [0.15, 0.2) is 0 Å². The van der Waals surface area contributed by atoms with Crippen LogP contribution >= 0.6 is 11.6 Å². The van der Waals surface area contributed by atoms with E-state index < -0.39 is 17.7 Å². The fraction of sp³-hybridized carbons (Fsp3) is 0.250. The molecule has 0 bridgehead atoms. The molecule has 1 N–H and O–H groups in total. The molecule has 2 heterocycles. The van der Waals surface area contributed by atoms with Crippen molar-refractivity contribution in [1.82, 2.24) is 14.8 Å². The van der Waals surface area contributed by atoms with Gasteiger partial charge in [0.1, 0.15) is 5.76 Å². The van der Waals surface area contributed by atoms with E-state index in [1.165, 1.54) is 4.90 Å². The van der Waals surface area contributed by atoms with Gasteiger partial charge in [-0.05, 0) is 56.1 Å². The number of pyridine rings is 1. The molecule has 3 rings (SSSR count). The molecule has 1 aliphatic heterocycles. The number of benzene rings is 1. The van der Waals surface area contributed by atoms with Crippen LogP contribution < -0.4 is 0 Å². The molecule has 1 saturated heterocycles. The number of ketones is 1. The van der Waals surface area contributed by atoms with Gasteiger partial charge in [0.05, 0.1) is 11.6 Å². The topological polar surface area (TPSA) is 73.7 Å². The highest BCUT2D eigenvalue weighted by Gasteiger charge is 2.45. The van der Waals surface area contributed by atoms with Gasteiger partial charge in [0.25, 0.3) is 11.7 Å². The Hall–Kier alpha value is -2.70. The van der Waals surface area contributed by atoms with Gasteiger partial charge in [0.2, 0.25) is 0 Å². The normalized spacial score (nSPS) is 19.1. The summed E-state index contributed by atoms with van der Waals surface area (Å²) >= 11 is 5.91. The first kappa shape index (κ1) is 19.1. The van der Waals surface area contributed by atoms with Crippen LogP contribution in [0, 0.1) is 0 Å². The highest BCUT2D eigenvalue weighted by molar-refractivity contribution is 6.46. The molecule has 0 radical (unpaired) electrons. The van der Waals surface area contributed by atoms with E-state index in [4.69, 9.17) is 11.6 Å². The van der Waals surface area contributed by atoms with Gasteiger partial charge in [-0.3, -0.25) is 14.6 Å². The number of halogens is 1. The van der Waals surface area contributed by atoms with Crippen LogP contribution in [0.3, 0.4) is 0 Å². The van der Waals surface area contributed by atoms with Crippen molar-refractivity contribution in [3.8, 4) is 0 Å². The number of Topliss-reactive ketones (excluding diaryl/α,β-unsaturated/α-hetero) is 1. The number of amides is 1. The van der Waals surface area contributed by atoms with Gasteiger partial charge in [0, 0.05) is 36.1 Å². The molecule has 1 atom stereocenters. The van der Waals surface area contributed by atoms with Crippen LogP contribution in [0.5, 0.6) is 0 Å². The SMILES string of the molecule is CN(C)CCN1C(=O)C(=O)C(=C(O)c2ccc(Cl)cc2)[C@H]1c1ccncc1. The van der Waals surface area contributed by atoms with Gasteiger partial charge in [-0.2, -0.15) is 0 Å². The molecule has 6 nitrogen and oxygen atoms in total. The number of carbonyl (C=O) groups is 2. The number of aromatic nitrogens is 1. The molecule has 27 heavy (non-hydrogen) atoms. The molecule has 0 saturated carbocycles. The van der Waals surface area contributed by atoms with Crippen molar-refractivity contribution < 1.29 is 14.7 Å². The second-order valence-corrected chi connectivity index (χ2v) is 7.02. The molecular formula is C20H20ClN3O3. The maximum absolute atomic E-state index is 12.8. The maximum Gasteiger partial charge on any atom is 0.295 e. The lowest BCUT2D eigenvalue weighted by Gasteiger charge is -2.26. The second-order valence-electron chi connectivity index (χ2n) is 6.58. The zero-order chi connectivity index (χ0) is 19.6. The van der Waals surface area contributed by atoms with Crippen LogP contribution in [0.4, 0.5) is 0 Å². The first-order chi connectivity index (χ1) is 12.9. The van der Waals surface area contributed by atoms with Gasteiger partial charge in [-0.1, -0.05) is 11.6 Å². The lowest BCUT2D eigenvalue weighted by atomic mass is 9.96. The number of carbonyl (C=O) groups excluding carboxylic acids is 2. The van der Waals surface area contributed by atoms with Crippen LogP contribution in [0.1, 0.15) is 17.2 Å². The molecule has 1 aromatic heterocycles. The Bertz CT molecular complexity index is 879. The van der Waals surface area contributed by atoms with Gasteiger partial charge < -0.3 is 14.9 Å². The zero-order valence-electron chi connectivity index (χ0n) is 15.1. The number of aliphatic hydroxyl groups excluding tert-OH is 1. The predicted molar refractivity (Wildman–Crippen MR) is 103 cm³/mol. The van der Waals surface area contributed by atoms with Crippen molar-refractivity contribution in [1.29, 1.82) is 0 Å². The van der Waals surface area contributed by atoms with Gasteiger partial charge in [-0.25, -0.2) is 0 Å². The van der Waals surface area contributed by atoms with Crippen LogP contribution in [0.2, 0.25) is 5.02 Å². The summed E-state index contributed by atoms with van der Waals surface area (Å²) in [4.78, 5) is 32.9. The summed E-state index contributed by atoms with van der Waals surface area (Å²) < 4.78 is 0. The standard InChI is InChI=1S/C20H20ClN3O3/c1-23(2)11-12-24-17(13-7-9-22-10-8-13)16(19(26)20(24)27)18(25)14-3-5-15(21)6-4-14/h3-10,17,25H,11-12H2,1-2H3/t17-/m1/s1. The first-order valence-corrected chi connectivity index (χ1v) is 8.87. The molecule has 0 spiro atoms. The molecule has 0 unspecified atom stereocenters. The summed E-state index contributed by atoms with van der Waals surface area (Å²) in [5.41, 5.74) is 1.23. The fourth-order valence-electron chi connectivity index (χ4n) is 3.07. The summed E-state index contributed by atoms with van der Waals surface area (Å²) in [6, 6.07) is 9.31. The minimum Gasteiger partial charge on any atom is -0.507 e. The lowest BCUT2D eigenvalue weighted by Crippen LogP contribution is -2.35. The number of rotatable bonds is 5. The number of hydrogen-bond donors (Lipinski definition) is 1. The average molecular weight is 386 g/mol. The monoisotopic (exact) mass is 385 g/mol. The molecule has 1 aromatic carbocycles. The minimum atomic E-state index is -0.692. The fourth-order valence-corrected chi connectivity index (χ4v) is 3.20. The minimum absolute atomic E-state index is 0.0762. The van der Waals surface area contributed by atoms with Crippen LogP contribution in [-0.2, 0) is 9.59 Å². The van der Waals surface area contributed by atoms with Crippen molar-refractivity contribution in [3.63, 3.8) is 0 Å². The molecule has 1 amide bonds. The quantitative estimate of drug-likeness (QED) is 0.486. The van der Waals surface area contributed by atoms with E-state index in [-0.39, 0.29) is 11.3 Å². The zero-order valence-corrected chi connectivity index (χ0v) is 15.8. The van der Waals surface area contributed by atoms with Crippen LogP contribution in [0.15, 0.2) is 54.4 Å². The highest BCUT2D eigenvalue weighted by Crippen LogP contribution is 2.39. The molecule has 2 aromatic rings. The number of likely N-dealkylation sites (tertiary alicyclic amines) is 1. The number of aliphatic hydroxyl groups is 1. The Morgan fingerprint density at radius 1 is 1.15 bits per heavy atom. The number of nitrogens with zero attached hydrogens (tertiary/aromatic N) is 3. The summed E-state index contributed by atoms with van der Waals surface area (Å²) in [7, 11) is 3.79. The molecule has 0 aliphatic carbocycles. The van der Waals surface area contributed by atoms with Crippen molar-refractivity contribution in [2.24, 2.45) is 0 Å². The smallest absolute Gasteiger partial charge is 0.295 e. The molecule has 1 aliphatic rings. The molecule has 1 fully saturated rings. The van der Waals surface area contributed by atoms with E-state index in [0.29, 0.717) is 23.7 Å². The third-order valence-corrected chi connectivity index (χ3v) is 4.72. The Kier molecular flexibility index (Phi) is 5.58. The summed E-state index contributed by atoms with van der Waals surface area (Å²) in [5.74, 6) is -1.52. The van der Waals surface area contributed by atoms with Crippen molar-refractivity contribution in [3.05, 3.63) is 70.5 Å². The van der Waals surface area contributed by atoms with E-state index in [2.05, 4.69) is 4.98 Å². The van der Waals surface area contributed by atoms with Crippen molar-refractivity contribution >= 4 is 29.1 Å². The Balaban J connectivity index is 2.12. The number of hydrogen-bond acceptors (Lipinski definition) is 5. The Labute approximate surface area is 162 Å². The van der Waals surface area contributed by atoms with Gasteiger partial charge >= 0.3 is 0 Å². The number of likely N-dealkylation sites (N-methyl/N-ethyl adjacent to an activating group) is 1. The van der Waals surface area contributed by atoms with Crippen LogP contribution in [0.25, 0.3) is 5.76 Å². The van der Waals surface area contributed by atoms with Crippen LogP contribution in [-0.4, -0.2) is 58.8 Å². The van der Waals surface area contributed by atoms with Crippen molar-refractivity contribution in [2.45, 2.75) is 6.04 Å². The molecular weight excluding hydrogens is 366 g/mol. The van der Waals surface area contributed by atoms with E-state index in [0.717, 1.165) is 5.56 Å². The molecule has 7 heteroatoms. The average Bonchev–Trinajstić information content (AvgIpc) is 2.91. The maximum atomic E-state index is 12.8. The Morgan fingerprint density at radius 2 is 1.78 bits per heavy atom. The third kappa shape index (κ3) is 3.86. The third-order valence-electron chi connectivity index (χ3n) is 4.47. The predicted octanol–water partition coefficient (Wildman–Crippen LogP) is 2.72. The van der Waals surface area contributed by atoms with E-state index in [1.807, 2.05) is 19.0 Å². The lowest BCUT2D eigenvalue weighted by molar-refractivity contribution is -0.140. The van der Waals surface area contributed by atoms with E-state index in [1.54, 1.807) is 48.8 Å². The van der Waals surface area contributed by atoms with E-state index >= 15 is 0 Å². The molecule has 140 valence electrons. The highest BCUT2D eigenvalue weighted by atomic mass is 35.5. The van der Waals surface area contributed by atoms with E-state index in [9.17, 15) is 14.7 Å². The summed E-state index contributed by atoms with van der Waals surface area (Å²) in [5, 5.41) is 11.4.